The predicted molar refractivity (Wildman–Crippen MR) is 76.5 cm³/mol. The van der Waals surface area contributed by atoms with Gasteiger partial charge in [0.25, 0.3) is 0 Å². The number of benzene rings is 1. The van der Waals surface area contributed by atoms with Gasteiger partial charge >= 0.3 is 0 Å². The van der Waals surface area contributed by atoms with Crippen molar-refractivity contribution in [3.05, 3.63) is 35.9 Å². The molecule has 1 aliphatic carbocycles. The van der Waals surface area contributed by atoms with Crippen LogP contribution in [0.15, 0.2) is 30.3 Å². The van der Waals surface area contributed by atoms with Crippen molar-refractivity contribution in [2.24, 2.45) is 0 Å². The van der Waals surface area contributed by atoms with Gasteiger partial charge in [-0.25, -0.2) is 0 Å². The van der Waals surface area contributed by atoms with E-state index in [0.717, 1.165) is 6.61 Å². The maximum absolute atomic E-state index is 5.96. The Morgan fingerprint density at radius 3 is 2.53 bits per heavy atom. The van der Waals surface area contributed by atoms with Gasteiger partial charge in [0.2, 0.25) is 0 Å². The van der Waals surface area contributed by atoms with Gasteiger partial charge in [-0.1, -0.05) is 30.3 Å². The molecule has 0 radical (unpaired) electrons. The molecule has 1 aromatic rings. The minimum Gasteiger partial charge on any atom is -0.373 e. The van der Waals surface area contributed by atoms with E-state index in [-0.39, 0.29) is 0 Å². The van der Waals surface area contributed by atoms with Crippen LogP contribution in [0.3, 0.4) is 0 Å². The summed E-state index contributed by atoms with van der Waals surface area (Å²) in [5.74, 6) is 2.69. The highest BCUT2D eigenvalue weighted by Gasteiger charge is 2.46. The average Bonchev–Trinajstić information content (AvgIpc) is 2.36. The second kappa shape index (κ2) is 5.25. The summed E-state index contributed by atoms with van der Waals surface area (Å²) < 4.78 is 6.49. The van der Waals surface area contributed by atoms with E-state index in [0.29, 0.717) is 10.2 Å². The molecule has 0 amide bonds. The molecular weight excluding hydrogens is 248 g/mol. The van der Waals surface area contributed by atoms with E-state index in [4.69, 9.17) is 4.74 Å². The molecule has 1 aliphatic heterocycles. The van der Waals surface area contributed by atoms with Crippen molar-refractivity contribution in [1.29, 1.82) is 0 Å². The van der Waals surface area contributed by atoms with Gasteiger partial charge < -0.3 is 4.74 Å². The van der Waals surface area contributed by atoms with Crippen LogP contribution >= 0.6 is 23.5 Å². The molecule has 0 atom stereocenters. The highest BCUT2D eigenvalue weighted by atomic mass is 32.2. The van der Waals surface area contributed by atoms with E-state index >= 15 is 0 Å². The molecule has 1 saturated heterocycles. The number of rotatable bonds is 3. The van der Waals surface area contributed by atoms with Crippen molar-refractivity contribution in [2.45, 2.75) is 36.1 Å². The van der Waals surface area contributed by atoms with E-state index in [1.807, 2.05) is 0 Å². The van der Waals surface area contributed by atoms with Crippen LogP contribution in [-0.2, 0) is 11.3 Å². The van der Waals surface area contributed by atoms with Crippen LogP contribution in [-0.4, -0.2) is 21.7 Å². The van der Waals surface area contributed by atoms with Gasteiger partial charge in [0.15, 0.2) is 0 Å². The van der Waals surface area contributed by atoms with E-state index in [1.165, 1.54) is 36.3 Å². The Labute approximate surface area is 112 Å². The normalized spacial score (nSPS) is 23.5. The lowest BCUT2D eigenvalue weighted by molar-refractivity contribution is -0.0110. The second-order valence-electron chi connectivity index (χ2n) is 4.79. The van der Waals surface area contributed by atoms with Crippen LogP contribution in [0, 0.1) is 0 Å². The van der Waals surface area contributed by atoms with Gasteiger partial charge in [0.1, 0.15) is 0 Å². The zero-order valence-electron chi connectivity index (χ0n) is 9.93. The Bertz CT molecular complexity index is 352. The highest BCUT2D eigenvalue weighted by Crippen LogP contribution is 2.56. The fraction of sp³-hybridized carbons (Fsp3) is 0.571. The molecule has 3 heteroatoms. The van der Waals surface area contributed by atoms with Crippen molar-refractivity contribution in [2.75, 3.05) is 11.5 Å². The van der Waals surface area contributed by atoms with Gasteiger partial charge in [-0.15, -0.1) is 23.5 Å². The Balaban J connectivity index is 1.44. The lowest BCUT2D eigenvalue weighted by atomic mass is 9.94. The molecular formula is C14H18OS2. The summed E-state index contributed by atoms with van der Waals surface area (Å²) in [7, 11) is 0. The molecule has 1 aromatic carbocycles. The van der Waals surface area contributed by atoms with Crippen molar-refractivity contribution in [3.63, 3.8) is 0 Å². The topological polar surface area (TPSA) is 9.23 Å². The Hall–Kier alpha value is -0.120. The van der Waals surface area contributed by atoms with Crippen LogP contribution < -0.4 is 0 Å². The van der Waals surface area contributed by atoms with Crippen LogP contribution in [0.25, 0.3) is 0 Å². The fourth-order valence-electron chi connectivity index (χ4n) is 2.39. The van der Waals surface area contributed by atoms with Gasteiger partial charge in [0, 0.05) is 0 Å². The second-order valence-corrected chi connectivity index (χ2v) is 8.00. The molecule has 1 nitrogen and oxygen atoms in total. The van der Waals surface area contributed by atoms with E-state index in [2.05, 4.69) is 53.9 Å². The van der Waals surface area contributed by atoms with Crippen molar-refractivity contribution < 1.29 is 4.74 Å². The van der Waals surface area contributed by atoms with Gasteiger partial charge in [-0.3, -0.25) is 0 Å². The van der Waals surface area contributed by atoms with E-state index < -0.39 is 0 Å². The molecule has 2 fully saturated rings. The van der Waals surface area contributed by atoms with Gasteiger partial charge in [-0.2, -0.15) is 0 Å². The Morgan fingerprint density at radius 2 is 1.82 bits per heavy atom. The lowest BCUT2D eigenvalue weighted by Crippen LogP contribution is -2.45. The van der Waals surface area contributed by atoms with Crippen LogP contribution in [0.2, 0.25) is 0 Å². The maximum atomic E-state index is 5.96. The molecule has 0 N–H and O–H groups in total. The molecule has 3 rings (SSSR count). The molecule has 2 aliphatic rings. The number of ether oxygens (including phenoxy) is 1. The third-order valence-electron chi connectivity index (χ3n) is 3.42. The van der Waals surface area contributed by atoms with Crippen molar-refractivity contribution >= 4 is 23.5 Å². The molecule has 17 heavy (non-hydrogen) atoms. The first-order chi connectivity index (χ1) is 8.36. The van der Waals surface area contributed by atoms with Gasteiger partial charge in [-0.05, 0) is 36.3 Å². The first kappa shape index (κ1) is 11.9. The standard InChI is InChI=1S/C14H18OS2/c1-2-5-12(6-3-1)11-15-13-9-14(10-13)16-7-4-8-17-14/h1-3,5-6,13H,4,7-11H2. The summed E-state index contributed by atoms with van der Waals surface area (Å²) >= 11 is 4.32. The van der Waals surface area contributed by atoms with Crippen LogP contribution in [0.4, 0.5) is 0 Å². The SMILES string of the molecule is c1ccc(COC2CC3(C2)SCCCS3)cc1. The molecule has 1 spiro atoms. The predicted octanol–water partition coefficient (Wildman–Crippen LogP) is 3.93. The maximum Gasteiger partial charge on any atom is 0.0720 e. The Morgan fingerprint density at radius 1 is 1.12 bits per heavy atom. The smallest absolute Gasteiger partial charge is 0.0720 e. The molecule has 92 valence electrons. The quantitative estimate of drug-likeness (QED) is 0.820. The molecule has 0 bridgehead atoms. The van der Waals surface area contributed by atoms with Crippen LogP contribution in [0.1, 0.15) is 24.8 Å². The largest absolute Gasteiger partial charge is 0.373 e. The lowest BCUT2D eigenvalue weighted by Gasteiger charge is -2.48. The number of thioether (sulfide) groups is 2. The van der Waals surface area contributed by atoms with Crippen molar-refractivity contribution in [1.82, 2.24) is 0 Å². The monoisotopic (exact) mass is 266 g/mol. The van der Waals surface area contributed by atoms with E-state index in [1.54, 1.807) is 0 Å². The zero-order chi connectivity index (χ0) is 11.6. The summed E-state index contributed by atoms with van der Waals surface area (Å²) in [6.07, 6.45) is 4.37. The molecule has 0 aromatic heterocycles. The minimum absolute atomic E-state index is 0.494. The molecule has 0 unspecified atom stereocenters. The summed E-state index contributed by atoms with van der Waals surface area (Å²) in [4.78, 5) is 0. The third kappa shape index (κ3) is 2.83. The summed E-state index contributed by atoms with van der Waals surface area (Å²) in [5, 5.41) is 0. The first-order valence-electron chi connectivity index (χ1n) is 6.30. The number of hydrogen-bond acceptors (Lipinski definition) is 3. The molecule has 1 heterocycles. The third-order valence-corrected chi connectivity index (χ3v) is 6.84. The molecule has 1 saturated carbocycles. The first-order valence-corrected chi connectivity index (χ1v) is 8.27. The van der Waals surface area contributed by atoms with Crippen LogP contribution in [0.5, 0.6) is 0 Å². The van der Waals surface area contributed by atoms with E-state index in [9.17, 15) is 0 Å². The summed E-state index contributed by atoms with van der Waals surface area (Å²) in [6, 6.07) is 10.5. The minimum atomic E-state index is 0.494. The summed E-state index contributed by atoms with van der Waals surface area (Å²) in [5.41, 5.74) is 1.29. The van der Waals surface area contributed by atoms with Gasteiger partial charge in [0.05, 0.1) is 16.8 Å². The number of hydrogen-bond donors (Lipinski definition) is 0. The zero-order valence-corrected chi connectivity index (χ0v) is 11.6. The summed E-state index contributed by atoms with van der Waals surface area (Å²) in [6.45, 7) is 0.775. The fourth-order valence-corrected chi connectivity index (χ4v) is 5.95. The van der Waals surface area contributed by atoms with Crippen molar-refractivity contribution in [3.8, 4) is 0 Å². The highest BCUT2D eigenvalue weighted by molar-refractivity contribution is 8.18. The average molecular weight is 266 g/mol. The Kier molecular flexibility index (Phi) is 3.69.